The van der Waals surface area contributed by atoms with E-state index in [1.807, 2.05) is 35.4 Å². The molecule has 2 aromatic heterocycles. The van der Waals surface area contributed by atoms with E-state index in [4.69, 9.17) is 10.2 Å². The van der Waals surface area contributed by atoms with Crippen LogP contribution in [0.15, 0.2) is 47.5 Å². The minimum Gasteiger partial charge on any atom is -0.464 e. The highest BCUT2D eigenvalue weighted by Crippen LogP contribution is 2.27. The zero-order valence-electron chi connectivity index (χ0n) is 14.0. The second-order valence-corrected chi connectivity index (χ2v) is 6.67. The molecular weight excluding hydrogens is 316 g/mol. The minimum absolute atomic E-state index is 0.0216. The molecule has 1 amide bonds. The Bertz CT molecular complexity index is 847. The molecule has 6 heteroatoms. The summed E-state index contributed by atoms with van der Waals surface area (Å²) in [6.45, 7) is 1.48. The molecule has 1 atom stereocenters. The lowest BCUT2D eigenvalue weighted by atomic mass is 9.93. The molecule has 3 heterocycles. The maximum atomic E-state index is 12.7. The fraction of sp³-hybridized carbons (Fsp3) is 0.368. The van der Waals surface area contributed by atoms with Gasteiger partial charge in [0.25, 0.3) is 0 Å². The number of furan rings is 1. The van der Waals surface area contributed by atoms with Crippen molar-refractivity contribution in [1.82, 2.24) is 14.9 Å². The number of likely N-dealkylation sites (tertiary alicyclic amines) is 1. The zero-order chi connectivity index (χ0) is 17.2. The number of nitrogens with one attached hydrogen (secondary N) is 1. The Morgan fingerprint density at radius 3 is 2.92 bits per heavy atom. The number of piperidine rings is 1. The summed E-state index contributed by atoms with van der Waals surface area (Å²) in [6.07, 6.45) is 7.67. The van der Waals surface area contributed by atoms with Crippen LogP contribution >= 0.6 is 0 Å². The van der Waals surface area contributed by atoms with E-state index in [1.165, 1.54) is 0 Å². The number of hydrogen-bond acceptors (Lipinski definition) is 4. The smallest absolute Gasteiger partial charge is 0.239 e. The molecular formula is C19H22N4O2. The molecule has 130 valence electrons. The van der Waals surface area contributed by atoms with Crippen LogP contribution in [0.3, 0.4) is 0 Å². The molecule has 25 heavy (non-hydrogen) atoms. The van der Waals surface area contributed by atoms with Crippen LogP contribution in [0, 0.1) is 0 Å². The quantitative estimate of drug-likeness (QED) is 0.765. The zero-order valence-corrected chi connectivity index (χ0v) is 14.0. The standard InChI is InChI=1S/C19H22N4O2/c20-16(9-14-11-25-18-4-2-1-3-15(14)18)19(24)23-7-5-13(6-8-23)17-10-21-12-22-17/h1-4,10-13,16H,5-9,20H2,(H,21,22). The Balaban J connectivity index is 1.38. The Morgan fingerprint density at radius 1 is 1.36 bits per heavy atom. The molecule has 0 bridgehead atoms. The summed E-state index contributed by atoms with van der Waals surface area (Å²) in [5.41, 5.74) is 9.19. The number of rotatable bonds is 4. The molecule has 0 saturated carbocycles. The number of aromatic amines is 1. The van der Waals surface area contributed by atoms with Gasteiger partial charge in [0, 0.05) is 48.3 Å². The first kappa shape index (κ1) is 15.9. The first-order valence-corrected chi connectivity index (χ1v) is 8.70. The van der Waals surface area contributed by atoms with Crippen LogP contribution in [0.5, 0.6) is 0 Å². The highest BCUT2D eigenvalue weighted by molar-refractivity contribution is 5.85. The lowest BCUT2D eigenvalue weighted by Crippen LogP contribution is -2.47. The summed E-state index contributed by atoms with van der Waals surface area (Å²) in [4.78, 5) is 21.8. The highest BCUT2D eigenvalue weighted by atomic mass is 16.3. The normalized spacial score (nSPS) is 17.1. The summed E-state index contributed by atoms with van der Waals surface area (Å²) < 4.78 is 5.54. The SMILES string of the molecule is NC(Cc1coc2ccccc12)C(=O)N1CCC(c2cnc[nH]2)CC1. The Kier molecular flexibility index (Phi) is 4.28. The van der Waals surface area contributed by atoms with Crippen molar-refractivity contribution in [3.8, 4) is 0 Å². The molecule has 1 aromatic carbocycles. The number of fused-ring (bicyclic) bond motifs is 1. The summed E-state index contributed by atoms with van der Waals surface area (Å²) >= 11 is 0. The molecule has 4 rings (SSSR count). The summed E-state index contributed by atoms with van der Waals surface area (Å²) in [7, 11) is 0. The van der Waals surface area contributed by atoms with Gasteiger partial charge < -0.3 is 20.0 Å². The molecule has 1 aliphatic rings. The van der Waals surface area contributed by atoms with Crippen LogP contribution in [0.4, 0.5) is 0 Å². The van der Waals surface area contributed by atoms with Gasteiger partial charge in [0.15, 0.2) is 0 Å². The molecule has 3 N–H and O–H groups in total. The van der Waals surface area contributed by atoms with Gasteiger partial charge in [0.1, 0.15) is 5.58 Å². The molecule has 0 radical (unpaired) electrons. The van der Waals surface area contributed by atoms with Crippen LogP contribution in [0.1, 0.15) is 30.0 Å². The number of amides is 1. The van der Waals surface area contributed by atoms with Gasteiger partial charge in [0.05, 0.1) is 18.6 Å². The van der Waals surface area contributed by atoms with E-state index >= 15 is 0 Å². The average Bonchev–Trinajstić information content (AvgIpc) is 3.32. The predicted octanol–water partition coefficient (Wildman–Crippen LogP) is 2.43. The topological polar surface area (TPSA) is 88.2 Å². The third-order valence-corrected chi connectivity index (χ3v) is 5.08. The summed E-state index contributed by atoms with van der Waals surface area (Å²) in [6, 6.07) is 7.29. The lowest BCUT2D eigenvalue weighted by molar-refractivity contribution is -0.133. The van der Waals surface area contributed by atoms with Crippen molar-refractivity contribution in [3.63, 3.8) is 0 Å². The highest BCUT2D eigenvalue weighted by Gasteiger charge is 2.28. The van der Waals surface area contributed by atoms with E-state index < -0.39 is 6.04 Å². The van der Waals surface area contributed by atoms with Crippen LogP contribution in [0.25, 0.3) is 11.0 Å². The largest absolute Gasteiger partial charge is 0.464 e. The molecule has 0 aliphatic carbocycles. The van der Waals surface area contributed by atoms with Gasteiger partial charge in [-0.3, -0.25) is 4.79 Å². The number of nitrogens with zero attached hydrogens (tertiary/aromatic N) is 2. The van der Waals surface area contributed by atoms with Gasteiger partial charge >= 0.3 is 0 Å². The third kappa shape index (κ3) is 3.17. The minimum atomic E-state index is -0.537. The van der Waals surface area contributed by atoms with Crippen molar-refractivity contribution in [1.29, 1.82) is 0 Å². The number of nitrogens with two attached hydrogens (primary N) is 1. The molecule has 1 unspecified atom stereocenters. The number of carbonyl (C=O) groups excluding carboxylic acids is 1. The number of hydrogen-bond donors (Lipinski definition) is 2. The Morgan fingerprint density at radius 2 is 2.16 bits per heavy atom. The van der Waals surface area contributed by atoms with E-state index in [-0.39, 0.29) is 5.91 Å². The number of carbonyl (C=O) groups is 1. The number of para-hydroxylation sites is 1. The maximum Gasteiger partial charge on any atom is 0.239 e. The van der Waals surface area contributed by atoms with Gasteiger partial charge in [-0.15, -0.1) is 0 Å². The van der Waals surface area contributed by atoms with E-state index in [9.17, 15) is 4.79 Å². The van der Waals surface area contributed by atoms with Crippen LogP contribution in [-0.2, 0) is 11.2 Å². The van der Waals surface area contributed by atoms with Crippen molar-refractivity contribution in [2.24, 2.45) is 5.73 Å². The Labute approximate surface area is 146 Å². The van der Waals surface area contributed by atoms with Crippen molar-refractivity contribution < 1.29 is 9.21 Å². The van der Waals surface area contributed by atoms with Gasteiger partial charge in [-0.1, -0.05) is 18.2 Å². The van der Waals surface area contributed by atoms with E-state index in [1.54, 1.807) is 12.6 Å². The molecule has 6 nitrogen and oxygen atoms in total. The van der Waals surface area contributed by atoms with Gasteiger partial charge in [-0.2, -0.15) is 0 Å². The van der Waals surface area contributed by atoms with Crippen molar-refractivity contribution in [2.45, 2.75) is 31.2 Å². The van der Waals surface area contributed by atoms with E-state index in [0.717, 1.165) is 48.2 Å². The molecule has 1 saturated heterocycles. The van der Waals surface area contributed by atoms with Crippen LogP contribution in [0.2, 0.25) is 0 Å². The van der Waals surface area contributed by atoms with Crippen LogP contribution < -0.4 is 5.73 Å². The predicted molar refractivity (Wildman–Crippen MR) is 95.0 cm³/mol. The molecule has 1 aliphatic heterocycles. The summed E-state index contributed by atoms with van der Waals surface area (Å²) in [5.74, 6) is 0.467. The molecule has 0 spiro atoms. The van der Waals surface area contributed by atoms with Gasteiger partial charge in [-0.05, 0) is 18.9 Å². The summed E-state index contributed by atoms with van der Waals surface area (Å²) in [5, 5.41) is 1.03. The number of aromatic nitrogens is 2. The first-order chi connectivity index (χ1) is 12.2. The van der Waals surface area contributed by atoms with E-state index in [2.05, 4.69) is 9.97 Å². The van der Waals surface area contributed by atoms with Crippen LogP contribution in [-0.4, -0.2) is 39.9 Å². The lowest BCUT2D eigenvalue weighted by Gasteiger charge is -2.33. The van der Waals surface area contributed by atoms with Gasteiger partial charge in [-0.25, -0.2) is 4.98 Å². The first-order valence-electron chi connectivity index (χ1n) is 8.70. The number of imidazole rings is 1. The van der Waals surface area contributed by atoms with E-state index in [0.29, 0.717) is 12.3 Å². The fourth-order valence-electron chi connectivity index (χ4n) is 3.65. The maximum absolute atomic E-state index is 12.7. The molecule has 3 aromatic rings. The molecule has 1 fully saturated rings. The third-order valence-electron chi connectivity index (χ3n) is 5.08. The van der Waals surface area contributed by atoms with Crippen molar-refractivity contribution >= 4 is 16.9 Å². The number of benzene rings is 1. The Hall–Kier alpha value is -2.60. The van der Waals surface area contributed by atoms with Crippen molar-refractivity contribution in [3.05, 3.63) is 54.3 Å². The van der Waals surface area contributed by atoms with Gasteiger partial charge in [0.2, 0.25) is 5.91 Å². The average molecular weight is 338 g/mol. The fourth-order valence-corrected chi connectivity index (χ4v) is 3.65. The van der Waals surface area contributed by atoms with Crippen molar-refractivity contribution in [2.75, 3.05) is 13.1 Å². The second kappa shape index (κ2) is 6.72. The monoisotopic (exact) mass is 338 g/mol. The number of H-pyrrole nitrogens is 1. The second-order valence-electron chi connectivity index (χ2n) is 6.67.